The summed E-state index contributed by atoms with van der Waals surface area (Å²) in [6, 6.07) is 21.7. The summed E-state index contributed by atoms with van der Waals surface area (Å²) in [7, 11) is 0. The van der Waals surface area contributed by atoms with E-state index >= 15 is 0 Å². The molecule has 3 nitrogen and oxygen atoms in total. The summed E-state index contributed by atoms with van der Waals surface area (Å²) in [5, 5.41) is 7.72. The summed E-state index contributed by atoms with van der Waals surface area (Å²) in [4.78, 5) is 13.4. The van der Waals surface area contributed by atoms with Gasteiger partial charge in [-0.15, -0.1) is 0 Å². The Morgan fingerprint density at radius 1 is 0.833 bits per heavy atom. The zero-order valence-corrected chi connectivity index (χ0v) is 16.9. The zero-order chi connectivity index (χ0) is 20.7. The van der Waals surface area contributed by atoms with Crippen LogP contribution in [0.4, 0.5) is 15.8 Å². The van der Waals surface area contributed by atoms with E-state index in [4.69, 9.17) is 11.6 Å². The number of fused-ring (bicyclic) bond motifs is 1. The van der Waals surface area contributed by atoms with Crippen LogP contribution in [0.15, 0.2) is 84.1 Å². The van der Waals surface area contributed by atoms with Gasteiger partial charge in [0.2, 0.25) is 0 Å². The molecule has 30 heavy (non-hydrogen) atoms. The Bertz CT molecular complexity index is 1140. The molecule has 5 heteroatoms. The number of anilines is 2. The normalized spacial score (nSPS) is 20.5. The number of nitrogens with one attached hydrogen (secondary N) is 2. The zero-order valence-electron chi connectivity index (χ0n) is 16.2. The van der Waals surface area contributed by atoms with E-state index in [9.17, 15) is 9.18 Å². The number of carbonyl (C=O) groups excluding carboxylic acids is 1. The van der Waals surface area contributed by atoms with E-state index in [-0.39, 0.29) is 23.6 Å². The van der Waals surface area contributed by atoms with E-state index < -0.39 is 0 Å². The van der Waals surface area contributed by atoms with Crippen molar-refractivity contribution < 1.29 is 9.18 Å². The van der Waals surface area contributed by atoms with E-state index in [2.05, 4.69) is 10.6 Å². The minimum absolute atomic E-state index is 0.0143. The molecule has 1 aliphatic heterocycles. The van der Waals surface area contributed by atoms with Crippen molar-refractivity contribution >= 4 is 28.8 Å². The van der Waals surface area contributed by atoms with Gasteiger partial charge in [0.25, 0.3) is 0 Å². The lowest BCUT2D eigenvalue weighted by Gasteiger charge is -2.30. The summed E-state index contributed by atoms with van der Waals surface area (Å²) < 4.78 is 13.4. The van der Waals surface area contributed by atoms with E-state index in [1.165, 1.54) is 12.1 Å². The maximum atomic E-state index is 13.4. The molecule has 0 bridgehead atoms. The number of benzene rings is 3. The number of carbonyl (C=O) groups is 1. The molecule has 2 aliphatic rings. The predicted molar refractivity (Wildman–Crippen MR) is 118 cm³/mol. The van der Waals surface area contributed by atoms with Crippen molar-refractivity contribution in [3.8, 4) is 0 Å². The maximum Gasteiger partial charge on any atom is 0.163 e. The first kappa shape index (κ1) is 18.9. The predicted octanol–water partition coefficient (Wildman–Crippen LogP) is 6.46. The van der Waals surface area contributed by atoms with Crippen LogP contribution >= 0.6 is 11.6 Å². The number of allylic oxidation sites excluding steroid dienone is 1. The Morgan fingerprint density at radius 2 is 1.50 bits per heavy atom. The molecule has 3 aromatic rings. The van der Waals surface area contributed by atoms with Crippen LogP contribution in [0.25, 0.3) is 0 Å². The molecule has 0 radical (unpaired) electrons. The third kappa shape index (κ3) is 3.48. The monoisotopic (exact) mass is 418 g/mol. The number of rotatable bonds is 2. The van der Waals surface area contributed by atoms with Gasteiger partial charge in [-0.2, -0.15) is 0 Å². The SMILES string of the molecule is O=C1CC(c2ccc(F)cc2)CC2=C1C(c1ccc(Cl)cc1)Nc1ccccc1N2. The summed E-state index contributed by atoms with van der Waals surface area (Å²) in [5.74, 6) is -0.159. The molecule has 0 spiro atoms. The van der Waals surface area contributed by atoms with Crippen molar-refractivity contribution in [1.29, 1.82) is 0 Å². The van der Waals surface area contributed by atoms with Crippen LogP contribution in [0, 0.1) is 5.82 Å². The highest BCUT2D eigenvalue weighted by molar-refractivity contribution is 6.30. The maximum absolute atomic E-state index is 13.4. The van der Waals surface area contributed by atoms with Gasteiger partial charge in [-0.05, 0) is 59.9 Å². The molecule has 0 aromatic heterocycles. The second-order valence-corrected chi connectivity index (χ2v) is 8.21. The highest BCUT2D eigenvalue weighted by atomic mass is 35.5. The third-order valence-corrected chi connectivity index (χ3v) is 6.11. The van der Waals surface area contributed by atoms with Crippen molar-refractivity contribution in [3.63, 3.8) is 0 Å². The minimum atomic E-state index is -0.269. The molecule has 0 fully saturated rings. The molecular weight excluding hydrogens is 399 g/mol. The van der Waals surface area contributed by atoms with Crippen LogP contribution in [0.1, 0.15) is 35.9 Å². The first-order valence-corrected chi connectivity index (χ1v) is 10.4. The summed E-state index contributed by atoms with van der Waals surface area (Å²) in [6.07, 6.45) is 1.08. The van der Waals surface area contributed by atoms with E-state index in [1.807, 2.05) is 48.5 Å². The number of hydrogen-bond acceptors (Lipinski definition) is 3. The topological polar surface area (TPSA) is 41.1 Å². The fourth-order valence-electron chi connectivity index (χ4n) is 4.37. The number of Topliss-reactive ketones (excluding diaryl/α,β-unsaturated/α-hetero) is 1. The molecule has 2 N–H and O–H groups in total. The van der Waals surface area contributed by atoms with Crippen molar-refractivity contribution in [2.75, 3.05) is 10.6 Å². The molecule has 5 rings (SSSR count). The Kier molecular flexibility index (Phi) is 4.80. The Balaban J connectivity index is 1.60. The second-order valence-electron chi connectivity index (χ2n) is 7.77. The first-order valence-electron chi connectivity index (χ1n) is 9.98. The quantitative estimate of drug-likeness (QED) is 0.501. The standard InChI is InChI=1S/C25H20ClFN2O/c26-18-9-5-16(6-10-18)25-24-22(28-20-3-1-2-4-21(20)29-25)13-17(14-23(24)30)15-7-11-19(27)12-8-15/h1-12,17,25,28-29H,13-14H2. The molecule has 0 saturated heterocycles. The van der Waals surface area contributed by atoms with Crippen LogP contribution in [0.5, 0.6) is 0 Å². The van der Waals surface area contributed by atoms with Gasteiger partial charge >= 0.3 is 0 Å². The summed E-state index contributed by atoms with van der Waals surface area (Å²) >= 11 is 6.09. The Morgan fingerprint density at radius 3 is 2.23 bits per heavy atom. The minimum Gasteiger partial charge on any atom is -0.372 e. The van der Waals surface area contributed by atoms with E-state index in [0.717, 1.165) is 33.8 Å². The fourth-order valence-corrected chi connectivity index (χ4v) is 4.49. The molecule has 150 valence electrons. The van der Waals surface area contributed by atoms with Crippen LogP contribution in [0.3, 0.4) is 0 Å². The molecule has 2 unspecified atom stereocenters. The molecule has 0 saturated carbocycles. The van der Waals surface area contributed by atoms with Crippen molar-refractivity contribution in [2.24, 2.45) is 0 Å². The van der Waals surface area contributed by atoms with Gasteiger partial charge in [-0.3, -0.25) is 4.79 Å². The van der Waals surface area contributed by atoms with E-state index in [0.29, 0.717) is 17.9 Å². The smallest absolute Gasteiger partial charge is 0.163 e. The van der Waals surface area contributed by atoms with Crippen LogP contribution in [0.2, 0.25) is 5.02 Å². The summed E-state index contributed by atoms with van der Waals surface area (Å²) in [5.41, 5.74) is 5.52. The number of para-hydroxylation sites is 2. The van der Waals surface area contributed by atoms with Gasteiger partial charge in [0.1, 0.15) is 5.82 Å². The molecule has 1 aliphatic carbocycles. The molecular formula is C25H20ClFN2O. The average molecular weight is 419 g/mol. The highest BCUT2D eigenvalue weighted by Crippen LogP contribution is 2.44. The molecule has 1 heterocycles. The lowest BCUT2D eigenvalue weighted by molar-refractivity contribution is -0.116. The van der Waals surface area contributed by atoms with Gasteiger partial charge in [-0.1, -0.05) is 48.0 Å². The van der Waals surface area contributed by atoms with Crippen molar-refractivity contribution in [1.82, 2.24) is 0 Å². The number of halogens is 2. The van der Waals surface area contributed by atoms with Gasteiger partial charge in [0.15, 0.2) is 5.78 Å². The van der Waals surface area contributed by atoms with Crippen molar-refractivity contribution in [3.05, 3.63) is 106 Å². The van der Waals surface area contributed by atoms with Crippen LogP contribution < -0.4 is 10.6 Å². The second kappa shape index (κ2) is 7.62. The fraction of sp³-hybridized carbons (Fsp3) is 0.160. The van der Waals surface area contributed by atoms with E-state index in [1.54, 1.807) is 12.1 Å². The molecule has 0 amide bonds. The highest BCUT2D eigenvalue weighted by Gasteiger charge is 2.36. The van der Waals surface area contributed by atoms with Crippen molar-refractivity contribution in [2.45, 2.75) is 24.8 Å². The van der Waals surface area contributed by atoms with Gasteiger partial charge < -0.3 is 10.6 Å². The Labute approximate surface area is 179 Å². The van der Waals surface area contributed by atoms with Crippen LogP contribution in [-0.4, -0.2) is 5.78 Å². The third-order valence-electron chi connectivity index (χ3n) is 5.85. The van der Waals surface area contributed by atoms with Gasteiger partial charge in [0, 0.05) is 22.7 Å². The lowest BCUT2D eigenvalue weighted by Crippen LogP contribution is -2.26. The first-order chi connectivity index (χ1) is 14.6. The molecule has 2 atom stereocenters. The number of ketones is 1. The molecule has 3 aromatic carbocycles. The largest absolute Gasteiger partial charge is 0.372 e. The van der Waals surface area contributed by atoms with Gasteiger partial charge in [-0.25, -0.2) is 4.39 Å². The Hall–Kier alpha value is -3.11. The van der Waals surface area contributed by atoms with Crippen LogP contribution in [-0.2, 0) is 4.79 Å². The summed E-state index contributed by atoms with van der Waals surface area (Å²) in [6.45, 7) is 0. The number of hydrogen-bond donors (Lipinski definition) is 2. The average Bonchev–Trinajstić information content (AvgIpc) is 2.91. The lowest BCUT2D eigenvalue weighted by atomic mass is 9.78. The van der Waals surface area contributed by atoms with Gasteiger partial charge in [0.05, 0.1) is 17.4 Å².